The Morgan fingerprint density at radius 3 is 2.40 bits per heavy atom. The quantitative estimate of drug-likeness (QED) is 0.327. The summed E-state index contributed by atoms with van der Waals surface area (Å²) >= 11 is 6.35. The maximum absolute atomic E-state index is 14.6. The molecule has 1 aromatic rings. The standard InChI is InChI=1S/C21H21ClF.CH3.Y/c1-5-9-13-17(19(22)8-4)18-14-10-15-20(23)21(18)16(11-6-2)12-7-3;;/h5-11,13-15H,2H2,1,3-4H3;1H3;/q2*-1;/b9-5-,16-11+,17-13-,19-8+;;. The molecule has 0 heterocycles. The summed E-state index contributed by atoms with van der Waals surface area (Å²) in [5.74, 6) is -0.322. The van der Waals surface area contributed by atoms with E-state index in [1.807, 2.05) is 45.1 Å². The zero-order valence-corrected chi connectivity index (χ0v) is 18.9. The minimum atomic E-state index is -0.322. The Balaban J connectivity index is 0. The molecular formula is C22H24ClFY-2. The second kappa shape index (κ2) is 14.2. The fourth-order valence-corrected chi connectivity index (χ4v) is 2.31. The maximum atomic E-state index is 14.6. The number of allylic oxidation sites excluding steroid dienone is 11. The molecule has 0 fully saturated rings. The Labute approximate surface area is 182 Å². The van der Waals surface area contributed by atoms with Crippen LogP contribution in [0.1, 0.15) is 31.9 Å². The molecule has 0 aromatic heterocycles. The van der Waals surface area contributed by atoms with Crippen molar-refractivity contribution in [3.8, 4) is 0 Å². The summed E-state index contributed by atoms with van der Waals surface area (Å²) < 4.78 is 14.6. The summed E-state index contributed by atoms with van der Waals surface area (Å²) in [4.78, 5) is 0. The van der Waals surface area contributed by atoms with E-state index < -0.39 is 0 Å². The fourth-order valence-electron chi connectivity index (χ4n) is 2.15. The first-order chi connectivity index (χ1) is 11.1. The van der Waals surface area contributed by atoms with Crippen LogP contribution in [0.5, 0.6) is 0 Å². The van der Waals surface area contributed by atoms with Gasteiger partial charge in [-0.25, -0.2) is 4.39 Å². The molecule has 0 bridgehead atoms. The average Bonchev–Trinajstić information content (AvgIpc) is 2.55. The minimum Gasteiger partial charge on any atom is -0.358 e. The largest absolute Gasteiger partial charge is 0.358 e. The topological polar surface area (TPSA) is 0 Å². The summed E-state index contributed by atoms with van der Waals surface area (Å²) in [6, 6.07) is 4.97. The molecule has 1 radical (unpaired) electrons. The van der Waals surface area contributed by atoms with E-state index in [0.717, 1.165) is 5.57 Å². The van der Waals surface area contributed by atoms with Gasteiger partial charge in [-0.15, -0.1) is 18.7 Å². The Kier molecular flexibility index (Phi) is 14.9. The molecule has 0 saturated heterocycles. The third-order valence-corrected chi connectivity index (χ3v) is 3.55. The van der Waals surface area contributed by atoms with Gasteiger partial charge in [-0.1, -0.05) is 66.1 Å². The second-order valence-electron chi connectivity index (χ2n) is 4.65. The van der Waals surface area contributed by atoms with Gasteiger partial charge in [0.2, 0.25) is 0 Å². The van der Waals surface area contributed by atoms with Crippen LogP contribution in [0.3, 0.4) is 0 Å². The van der Waals surface area contributed by atoms with Crippen molar-refractivity contribution in [2.24, 2.45) is 0 Å². The van der Waals surface area contributed by atoms with E-state index in [-0.39, 0.29) is 46.0 Å². The molecule has 0 atom stereocenters. The van der Waals surface area contributed by atoms with Crippen LogP contribution < -0.4 is 0 Å². The van der Waals surface area contributed by atoms with Gasteiger partial charge in [0, 0.05) is 37.7 Å². The molecule has 25 heavy (non-hydrogen) atoms. The molecule has 0 aliphatic carbocycles. The smallest absolute Gasteiger partial charge is 0.0763 e. The molecule has 131 valence electrons. The molecular weight excluding hydrogens is 408 g/mol. The van der Waals surface area contributed by atoms with Crippen molar-refractivity contribution in [2.45, 2.75) is 20.8 Å². The summed E-state index contributed by atoms with van der Waals surface area (Å²) in [5, 5.41) is 0.563. The third kappa shape index (κ3) is 7.40. The number of rotatable bonds is 6. The van der Waals surface area contributed by atoms with Crippen LogP contribution in [0.15, 0.2) is 72.3 Å². The number of hydrogen-bond acceptors (Lipinski definition) is 0. The van der Waals surface area contributed by atoms with Crippen LogP contribution in [0.4, 0.5) is 4.39 Å². The molecule has 0 aliphatic rings. The summed E-state index contributed by atoms with van der Waals surface area (Å²) in [6.45, 7) is 9.31. The van der Waals surface area contributed by atoms with Crippen LogP contribution in [-0.2, 0) is 32.7 Å². The van der Waals surface area contributed by atoms with E-state index in [0.29, 0.717) is 21.7 Å². The Hall–Kier alpha value is -1.02. The van der Waals surface area contributed by atoms with Gasteiger partial charge >= 0.3 is 0 Å². The Bertz CT molecular complexity index is 707. The van der Waals surface area contributed by atoms with Gasteiger partial charge in [-0.2, -0.15) is 17.7 Å². The molecule has 0 N–H and O–H groups in total. The minimum absolute atomic E-state index is 0. The zero-order valence-electron chi connectivity index (χ0n) is 15.3. The maximum Gasteiger partial charge on any atom is 0.0763 e. The SMILES string of the molecule is C=C/C=C(\[C-]=CC)c1c(F)cccc1C(=C/C=C\C)/C(Cl)=C\C.[CH3-].[Y]. The first kappa shape index (κ1) is 26.2. The van der Waals surface area contributed by atoms with Gasteiger partial charge in [0.1, 0.15) is 0 Å². The summed E-state index contributed by atoms with van der Waals surface area (Å²) in [5.41, 5.74) is 2.56. The van der Waals surface area contributed by atoms with Crippen molar-refractivity contribution in [3.05, 3.63) is 103 Å². The predicted octanol–water partition coefficient (Wildman–Crippen LogP) is 7.32. The van der Waals surface area contributed by atoms with E-state index >= 15 is 0 Å². The van der Waals surface area contributed by atoms with Crippen molar-refractivity contribution in [1.29, 1.82) is 0 Å². The average molecular weight is 432 g/mol. The van der Waals surface area contributed by atoms with Crippen LogP contribution >= 0.6 is 11.6 Å². The van der Waals surface area contributed by atoms with Gasteiger partial charge in [0.25, 0.3) is 0 Å². The van der Waals surface area contributed by atoms with Crippen molar-refractivity contribution >= 4 is 22.7 Å². The van der Waals surface area contributed by atoms with Crippen LogP contribution in [0.25, 0.3) is 11.1 Å². The zero-order chi connectivity index (χ0) is 17.2. The van der Waals surface area contributed by atoms with Crippen LogP contribution in [0.2, 0.25) is 0 Å². The molecule has 0 amide bonds. The molecule has 0 saturated carbocycles. The molecule has 1 aromatic carbocycles. The van der Waals surface area contributed by atoms with Gasteiger partial charge in [-0.05, 0) is 25.5 Å². The number of benzene rings is 1. The van der Waals surface area contributed by atoms with E-state index in [1.165, 1.54) is 6.07 Å². The van der Waals surface area contributed by atoms with Crippen molar-refractivity contribution in [3.63, 3.8) is 0 Å². The Morgan fingerprint density at radius 2 is 1.88 bits per heavy atom. The van der Waals surface area contributed by atoms with E-state index in [4.69, 9.17) is 11.6 Å². The first-order valence-electron chi connectivity index (χ1n) is 7.42. The van der Waals surface area contributed by atoms with Gasteiger partial charge in [-0.3, -0.25) is 0 Å². The molecule has 0 nitrogen and oxygen atoms in total. The number of halogens is 2. The third-order valence-electron chi connectivity index (χ3n) is 3.12. The molecule has 3 heteroatoms. The summed E-state index contributed by atoms with van der Waals surface area (Å²) in [7, 11) is 0. The number of hydrogen-bond donors (Lipinski definition) is 0. The molecule has 0 spiro atoms. The molecule has 1 rings (SSSR count). The van der Waals surface area contributed by atoms with E-state index in [1.54, 1.807) is 30.4 Å². The molecule has 0 aliphatic heterocycles. The van der Waals surface area contributed by atoms with Crippen molar-refractivity contribution in [2.75, 3.05) is 0 Å². The van der Waals surface area contributed by atoms with Gasteiger partial charge in [0.05, 0.1) is 5.82 Å². The summed E-state index contributed by atoms with van der Waals surface area (Å²) in [6.07, 6.45) is 15.6. The normalized spacial score (nSPS) is 12.9. The van der Waals surface area contributed by atoms with Crippen LogP contribution in [0, 0.1) is 19.3 Å². The van der Waals surface area contributed by atoms with Crippen LogP contribution in [-0.4, -0.2) is 0 Å². The van der Waals surface area contributed by atoms with E-state index in [9.17, 15) is 4.39 Å². The van der Waals surface area contributed by atoms with E-state index in [2.05, 4.69) is 12.7 Å². The predicted molar refractivity (Wildman–Crippen MR) is 107 cm³/mol. The Morgan fingerprint density at radius 1 is 1.20 bits per heavy atom. The fraction of sp³-hybridized carbons (Fsp3) is 0.136. The van der Waals surface area contributed by atoms with Crippen molar-refractivity contribution in [1.82, 2.24) is 0 Å². The molecule has 0 unspecified atom stereocenters. The monoisotopic (exact) mass is 431 g/mol. The van der Waals surface area contributed by atoms with Gasteiger partial charge < -0.3 is 7.43 Å². The second-order valence-corrected chi connectivity index (χ2v) is 5.06. The first-order valence-corrected chi connectivity index (χ1v) is 7.79. The van der Waals surface area contributed by atoms with Gasteiger partial charge in [0.15, 0.2) is 0 Å². The van der Waals surface area contributed by atoms with Crippen molar-refractivity contribution < 1.29 is 37.1 Å².